The van der Waals surface area contributed by atoms with E-state index in [0.29, 0.717) is 22.9 Å². The SMILES string of the molecule is CCc1nccc(-c2cccnc2Oc2ccc(NC(=O)c3cccnc3)cc2C)n1. The van der Waals surface area contributed by atoms with Crippen molar-refractivity contribution in [2.45, 2.75) is 20.3 Å². The zero-order valence-corrected chi connectivity index (χ0v) is 17.2. The van der Waals surface area contributed by atoms with E-state index in [1.54, 1.807) is 36.8 Å². The zero-order valence-electron chi connectivity index (χ0n) is 17.2. The molecule has 1 aromatic carbocycles. The molecule has 0 fully saturated rings. The number of ether oxygens (including phenoxy) is 1. The molecule has 0 unspecified atom stereocenters. The topological polar surface area (TPSA) is 89.9 Å². The van der Waals surface area contributed by atoms with Crippen LogP contribution < -0.4 is 10.1 Å². The van der Waals surface area contributed by atoms with Gasteiger partial charge in [-0.2, -0.15) is 0 Å². The standard InChI is InChI=1S/C24H21N5O2/c1-3-22-26-13-10-20(29-22)19-7-5-12-27-24(19)31-21-9-8-18(14-16(21)2)28-23(30)17-6-4-11-25-15-17/h4-15H,3H2,1-2H3,(H,28,30). The molecule has 0 aliphatic carbocycles. The lowest BCUT2D eigenvalue weighted by molar-refractivity contribution is 0.102. The number of carbonyl (C=O) groups is 1. The van der Waals surface area contributed by atoms with E-state index < -0.39 is 0 Å². The van der Waals surface area contributed by atoms with Gasteiger partial charge in [0.1, 0.15) is 11.6 Å². The maximum Gasteiger partial charge on any atom is 0.257 e. The molecule has 3 aromatic heterocycles. The van der Waals surface area contributed by atoms with Gasteiger partial charge < -0.3 is 10.1 Å². The van der Waals surface area contributed by atoms with Crippen LogP contribution in [0.4, 0.5) is 5.69 Å². The van der Waals surface area contributed by atoms with Crippen LogP contribution in [0.5, 0.6) is 11.6 Å². The first-order chi connectivity index (χ1) is 15.1. The lowest BCUT2D eigenvalue weighted by atomic mass is 10.1. The van der Waals surface area contributed by atoms with E-state index in [-0.39, 0.29) is 5.91 Å². The summed E-state index contributed by atoms with van der Waals surface area (Å²) in [6.45, 7) is 3.93. The van der Waals surface area contributed by atoms with Gasteiger partial charge in [0.05, 0.1) is 16.8 Å². The fourth-order valence-electron chi connectivity index (χ4n) is 3.03. The molecule has 1 N–H and O–H groups in total. The molecule has 3 heterocycles. The molecular weight excluding hydrogens is 390 g/mol. The van der Waals surface area contributed by atoms with Crippen LogP contribution in [-0.2, 0) is 6.42 Å². The molecule has 31 heavy (non-hydrogen) atoms. The summed E-state index contributed by atoms with van der Waals surface area (Å²) in [6.07, 6.45) is 7.32. The van der Waals surface area contributed by atoms with Crippen molar-refractivity contribution in [2.24, 2.45) is 0 Å². The van der Waals surface area contributed by atoms with E-state index in [2.05, 4.69) is 25.3 Å². The smallest absolute Gasteiger partial charge is 0.257 e. The summed E-state index contributed by atoms with van der Waals surface area (Å²) in [5.41, 5.74) is 3.57. The molecule has 0 aliphatic heterocycles. The Kier molecular flexibility index (Phi) is 5.93. The predicted molar refractivity (Wildman–Crippen MR) is 118 cm³/mol. The third-order valence-electron chi connectivity index (χ3n) is 4.63. The number of benzene rings is 1. The molecule has 7 heteroatoms. The highest BCUT2D eigenvalue weighted by atomic mass is 16.5. The molecule has 0 saturated carbocycles. The first kappa shape index (κ1) is 20.2. The first-order valence-corrected chi connectivity index (χ1v) is 9.91. The van der Waals surface area contributed by atoms with Crippen LogP contribution in [0.2, 0.25) is 0 Å². The Morgan fingerprint density at radius 3 is 2.68 bits per heavy atom. The van der Waals surface area contributed by atoms with E-state index in [0.717, 1.165) is 29.1 Å². The fraction of sp³-hybridized carbons (Fsp3) is 0.125. The Morgan fingerprint density at radius 2 is 1.90 bits per heavy atom. The van der Waals surface area contributed by atoms with Crippen molar-refractivity contribution >= 4 is 11.6 Å². The van der Waals surface area contributed by atoms with Gasteiger partial charge in [0.15, 0.2) is 0 Å². The van der Waals surface area contributed by atoms with Gasteiger partial charge in [0.25, 0.3) is 5.91 Å². The second-order valence-electron chi connectivity index (χ2n) is 6.85. The molecule has 0 spiro atoms. The van der Waals surface area contributed by atoms with Crippen molar-refractivity contribution in [3.8, 4) is 22.9 Å². The Labute approximate surface area is 180 Å². The summed E-state index contributed by atoms with van der Waals surface area (Å²) in [7, 11) is 0. The fourth-order valence-corrected chi connectivity index (χ4v) is 3.03. The lowest BCUT2D eigenvalue weighted by Gasteiger charge is -2.13. The van der Waals surface area contributed by atoms with Gasteiger partial charge in [-0.3, -0.25) is 9.78 Å². The number of nitrogens with one attached hydrogen (secondary N) is 1. The molecule has 4 rings (SSSR count). The number of carbonyl (C=O) groups excluding carboxylic acids is 1. The number of hydrogen-bond donors (Lipinski definition) is 1. The highest BCUT2D eigenvalue weighted by Crippen LogP contribution is 2.32. The van der Waals surface area contributed by atoms with Crippen LogP contribution in [0, 0.1) is 6.92 Å². The highest BCUT2D eigenvalue weighted by Gasteiger charge is 2.13. The third-order valence-corrected chi connectivity index (χ3v) is 4.63. The minimum absolute atomic E-state index is 0.219. The van der Waals surface area contributed by atoms with Crippen molar-refractivity contribution in [1.82, 2.24) is 19.9 Å². The molecule has 154 valence electrons. The molecule has 7 nitrogen and oxygen atoms in total. The van der Waals surface area contributed by atoms with Gasteiger partial charge in [0, 0.05) is 36.9 Å². The number of nitrogens with zero attached hydrogens (tertiary/aromatic N) is 4. The normalized spacial score (nSPS) is 10.5. The number of hydrogen-bond acceptors (Lipinski definition) is 6. The number of pyridine rings is 2. The number of anilines is 1. The van der Waals surface area contributed by atoms with E-state index in [1.807, 2.05) is 44.2 Å². The first-order valence-electron chi connectivity index (χ1n) is 9.91. The van der Waals surface area contributed by atoms with Crippen molar-refractivity contribution in [2.75, 3.05) is 5.32 Å². The second-order valence-corrected chi connectivity index (χ2v) is 6.85. The maximum atomic E-state index is 12.4. The summed E-state index contributed by atoms with van der Waals surface area (Å²) in [5, 5.41) is 2.87. The quantitative estimate of drug-likeness (QED) is 0.488. The molecule has 0 atom stereocenters. The summed E-state index contributed by atoms with van der Waals surface area (Å²) in [4.78, 5) is 29.6. The molecular formula is C24H21N5O2. The van der Waals surface area contributed by atoms with Crippen LogP contribution in [0.1, 0.15) is 28.7 Å². The van der Waals surface area contributed by atoms with Gasteiger partial charge in [-0.05, 0) is 61.0 Å². The number of aryl methyl sites for hydroxylation is 2. The molecule has 1 amide bonds. The summed E-state index contributed by atoms with van der Waals surface area (Å²) < 4.78 is 6.12. The second kappa shape index (κ2) is 9.13. The Balaban J connectivity index is 1.56. The Morgan fingerprint density at radius 1 is 1.03 bits per heavy atom. The molecule has 0 bridgehead atoms. The van der Waals surface area contributed by atoms with Crippen LogP contribution in [-0.4, -0.2) is 25.8 Å². The maximum absolute atomic E-state index is 12.4. The zero-order chi connectivity index (χ0) is 21.6. The van der Waals surface area contributed by atoms with E-state index in [9.17, 15) is 4.79 Å². The van der Waals surface area contributed by atoms with Crippen LogP contribution >= 0.6 is 0 Å². The van der Waals surface area contributed by atoms with Crippen molar-refractivity contribution in [1.29, 1.82) is 0 Å². The Bertz CT molecular complexity index is 1210. The van der Waals surface area contributed by atoms with Gasteiger partial charge >= 0.3 is 0 Å². The van der Waals surface area contributed by atoms with Gasteiger partial charge in [-0.15, -0.1) is 0 Å². The average Bonchev–Trinajstić information content (AvgIpc) is 2.82. The Hall–Kier alpha value is -4.13. The van der Waals surface area contributed by atoms with Crippen LogP contribution in [0.3, 0.4) is 0 Å². The molecule has 0 aliphatic rings. The molecule has 4 aromatic rings. The number of rotatable bonds is 6. The summed E-state index contributed by atoms with van der Waals surface area (Å²) in [5.74, 6) is 1.64. The summed E-state index contributed by atoms with van der Waals surface area (Å²) in [6, 6.07) is 14.5. The number of amides is 1. The lowest BCUT2D eigenvalue weighted by Crippen LogP contribution is -2.12. The van der Waals surface area contributed by atoms with Gasteiger partial charge in [-0.25, -0.2) is 15.0 Å². The van der Waals surface area contributed by atoms with E-state index in [4.69, 9.17) is 4.74 Å². The van der Waals surface area contributed by atoms with Crippen molar-refractivity contribution < 1.29 is 9.53 Å². The summed E-state index contributed by atoms with van der Waals surface area (Å²) >= 11 is 0. The largest absolute Gasteiger partial charge is 0.438 e. The van der Waals surface area contributed by atoms with E-state index >= 15 is 0 Å². The van der Waals surface area contributed by atoms with Crippen molar-refractivity contribution in [3.63, 3.8) is 0 Å². The minimum Gasteiger partial charge on any atom is -0.438 e. The average molecular weight is 411 g/mol. The van der Waals surface area contributed by atoms with Crippen LogP contribution in [0.25, 0.3) is 11.3 Å². The monoisotopic (exact) mass is 411 g/mol. The minimum atomic E-state index is -0.219. The number of aromatic nitrogens is 4. The van der Waals surface area contributed by atoms with E-state index in [1.165, 1.54) is 6.20 Å². The third kappa shape index (κ3) is 4.72. The van der Waals surface area contributed by atoms with Gasteiger partial charge in [-0.1, -0.05) is 6.92 Å². The predicted octanol–water partition coefficient (Wildman–Crippen LogP) is 4.85. The van der Waals surface area contributed by atoms with Crippen molar-refractivity contribution in [3.05, 3.63) is 90.3 Å². The van der Waals surface area contributed by atoms with Crippen LogP contribution in [0.15, 0.2) is 73.3 Å². The molecule has 0 saturated heterocycles. The van der Waals surface area contributed by atoms with Gasteiger partial charge in [0.2, 0.25) is 5.88 Å². The molecule has 0 radical (unpaired) electrons. The highest BCUT2D eigenvalue weighted by molar-refractivity contribution is 6.04.